The van der Waals surface area contributed by atoms with Crippen LogP contribution >= 0.6 is 24.0 Å². The number of hydrogen-bond acceptors (Lipinski definition) is 2. The summed E-state index contributed by atoms with van der Waals surface area (Å²) in [5.74, 6) is 0.573. The molecule has 2 N–H and O–H groups in total. The first-order chi connectivity index (χ1) is 11.2. The van der Waals surface area contributed by atoms with Gasteiger partial charge in [0, 0.05) is 31.4 Å². The van der Waals surface area contributed by atoms with E-state index in [1.54, 1.807) is 19.2 Å². The van der Waals surface area contributed by atoms with Gasteiger partial charge in [0.1, 0.15) is 5.82 Å². The second-order valence-corrected chi connectivity index (χ2v) is 5.28. The summed E-state index contributed by atoms with van der Waals surface area (Å²) < 4.78 is 13.3. The van der Waals surface area contributed by atoms with Crippen LogP contribution in [0.4, 0.5) is 4.39 Å². The van der Waals surface area contributed by atoms with Gasteiger partial charge in [0.2, 0.25) is 0 Å². The number of benzene rings is 1. The molecule has 24 heavy (non-hydrogen) atoms. The van der Waals surface area contributed by atoms with E-state index in [1.165, 1.54) is 6.07 Å². The molecule has 130 valence electrons. The molecule has 0 amide bonds. The van der Waals surface area contributed by atoms with Gasteiger partial charge >= 0.3 is 0 Å². The summed E-state index contributed by atoms with van der Waals surface area (Å²) in [6.45, 7) is 5.85. The van der Waals surface area contributed by atoms with Crippen molar-refractivity contribution in [2.75, 3.05) is 13.1 Å². The van der Waals surface area contributed by atoms with E-state index < -0.39 is 0 Å². The Kier molecular flexibility index (Phi) is 9.29. The molecule has 0 aliphatic heterocycles. The Labute approximate surface area is 160 Å². The molecule has 2 aromatic rings. The van der Waals surface area contributed by atoms with Crippen molar-refractivity contribution in [1.82, 2.24) is 15.6 Å². The number of halogens is 2. The summed E-state index contributed by atoms with van der Waals surface area (Å²) in [5, 5.41) is 6.50. The van der Waals surface area contributed by atoms with Crippen LogP contribution in [0, 0.1) is 12.7 Å². The van der Waals surface area contributed by atoms with Gasteiger partial charge in [0.05, 0.1) is 6.54 Å². The van der Waals surface area contributed by atoms with E-state index in [9.17, 15) is 4.39 Å². The highest BCUT2D eigenvalue weighted by atomic mass is 127. The SMILES string of the molecule is CCNC(=NCc1ccc(F)c(C)c1)NCCc1ccccn1.I. The first kappa shape index (κ1) is 20.3. The lowest BCUT2D eigenvalue weighted by Crippen LogP contribution is -2.38. The summed E-state index contributed by atoms with van der Waals surface area (Å²) >= 11 is 0. The number of hydrogen-bond donors (Lipinski definition) is 2. The third-order valence-electron chi connectivity index (χ3n) is 3.39. The lowest BCUT2D eigenvalue weighted by atomic mass is 10.1. The van der Waals surface area contributed by atoms with Gasteiger partial charge in [-0.05, 0) is 43.2 Å². The minimum Gasteiger partial charge on any atom is -0.357 e. The minimum atomic E-state index is -0.182. The maximum Gasteiger partial charge on any atom is 0.191 e. The Hall–Kier alpha value is -1.70. The fraction of sp³-hybridized carbons (Fsp3) is 0.333. The van der Waals surface area contributed by atoms with Crippen molar-refractivity contribution in [3.63, 3.8) is 0 Å². The molecule has 0 atom stereocenters. The van der Waals surface area contributed by atoms with Gasteiger partial charge in [0.15, 0.2) is 5.96 Å². The molecule has 0 unspecified atom stereocenters. The van der Waals surface area contributed by atoms with Crippen molar-refractivity contribution < 1.29 is 4.39 Å². The van der Waals surface area contributed by atoms with Crippen molar-refractivity contribution in [2.45, 2.75) is 26.8 Å². The first-order valence-electron chi connectivity index (χ1n) is 7.86. The third kappa shape index (κ3) is 6.82. The molecule has 6 heteroatoms. The molecule has 2 rings (SSSR count). The first-order valence-corrected chi connectivity index (χ1v) is 7.86. The van der Waals surface area contributed by atoms with Crippen LogP contribution < -0.4 is 10.6 Å². The molecule has 1 aromatic heterocycles. The second-order valence-electron chi connectivity index (χ2n) is 5.28. The minimum absolute atomic E-state index is 0. The fourth-order valence-electron chi connectivity index (χ4n) is 2.17. The molecule has 0 radical (unpaired) electrons. The van der Waals surface area contributed by atoms with Crippen LogP contribution in [0.3, 0.4) is 0 Å². The molecule has 0 spiro atoms. The number of nitrogens with zero attached hydrogens (tertiary/aromatic N) is 2. The lowest BCUT2D eigenvalue weighted by Gasteiger charge is -2.11. The fourth-order valence-corrected chi connectivity index (χ4v) is 2.17. The number of nitrogens with one attached hydrogen (secondary N) is 2. The Bertz CT molecular complexity index is 647. The molecule has 0 fully saturated rings. The standard InChI is InChI=1S/C18H23FN4.HI/c1-3-20-18(22-11-9-16-6-4-5-10-21-16)23-13-15-7-8-17(19)14(2)12-15;/h4-8,10,12H,3,9,11,13H2,1-2H3,(H2,20,22,23);1H. The van der Waals surface area contributed by atoms with Crippen molar-refractivity contribution in [1.29, 1.82) is 0 Å². The highest BCUT2D eigenvalue weighted by Crippen LogP contribution is 2.10. The van der Waals surface area contributed by atoms with Gasteiger partial charge in [-0.1, -0.05) is 18.2 Å². The average Bonchev–Trinajstić information content (AvgIpc) is 2.56. The summed E-state index contributed by atoms with van der Waals surface area (Å²) in [5.41, 5.74) is 2.68. The normalized spacial score (nSPS) is 10.9. The second kappa shape index (κ2) is 11.0. The van der Waals surface area contributed by atoms with Crippen LogP contribution in [0.25, 0.3) is 0 Å². The van der Waals surface area contributed by atoms with Crippen LogP contribution in [0.15, 0.2) is 47.6 Å². The maximum atomic E-state index is 13.3. The highest BCUT2D eigenvalue weighted by molar-refractivity contribution is 14.0. The highest BCUT2D eigenvalue weighted by Gasteiger charge is 2.01. The van der Waals surface area contributed by atoms with E-state index in [2.05, 4.69) is 20.6 Å². The Morgan fingerprint density at radius 3 is 2.71 bits per heavy atom. The molecule has 4 nitrogen and oxygen atoms in total. The number of aliphatic imine (C=N–C) groups is 1. The van der Waals surface area contributed by atoms with Gasteiger partial charge in [-0.25, -0.2) is 9.38 Å². The van der Waals surface area contributed by atoms with Gasteiger partial charge < -0.3 is 10.6 Å². The van der Waals surface area contributed by atoms with E-state index in [4.69, 9.17) is 0 Å². The lowest BCUT2D eigenvalue weighted by molar-refractivity contribution is 0.617. The number of aromatic nitrogens is 1. The molecule has 0 aliphatic rings. The maximum absolute atomic E-state index is 13.3. The van der Waals surface area contributed by atoms with Crippen molar-refractivity contribution in [2.24, 2.45) is 4.99 Å². The van der Waals surface area contributed by atoms with E-state index >= 15 is 0 Å². The summed E-state index contributed by atoms with van der Waals surface area (Å²) in [6, 6.07) is 11.0. The Morgan fingerprint density at radius 2 is 2.04 bits per heavy atom. The number of guanidine groups is 1. The van der Waals surface area contributed by atoms with Crippen molar-refractivity contribution in [3.8, 4) is 0 Å². The average molecular weight is 442 g/mol. The molecule has 1 aromatic carbocycles. The van der Waals surface area contributed by atoms with Crippen LogP contribution in [0.1, 0.15) is 23.7 Å². The molecule has 0 bridgehead atoms. The third-order valence-corrected chi connectivity index (χ3v) is 3.39. The molecule has 0 aliphatic carbocycles. The summed E-state index contributed by atoms with van der Waals surface area (Å²) in [7, 11) is 0. The molecule has 1 heterocycles. The topological polar surface area (TPSA) is 49.3 Å². The largest absolute Gasteiger partial charge is 0.357 e. The van der Waals surface area contributed by atoms with Crippen LogP contribution in [-0.2, 0) is 13.0 Å². The van der Waals surface area contributed by atoms with E-state index in [-0.39, 0.29) is 29.8 Å². The zero-order chi connectivity index (χ0) is 16.5. The number of aryl methyl sites for hydroxylation is 1. The monoisotopic (exact) mass is 442 g/mol. The molecular formula is C18H24FIN4. The Morgan fingerprint density at radius 1 is 1.21 bits per heavy atom. The van der Waals surface area contributed by atoms with Crippen LogP contribution in [0.5, 0.6) is 0 Å². The predicted molar refractivity (Wildman–Crippen MR) is 107 cm³/mol. The summed E-state index contributed by atoms with van der Waals surface area (Å²) in [4.78, 5) is 8.83. The predicted octanol–water partition coefficient (Wildman–Crippen LogP) is 3.44. The molecule has 0 saturated heterocycles. The van der Waals surface area contributed by atoms with Gasteiger partial charge in [-0.2, -0.15) is 0 Å². The van der Waals surface area contributed by atoms with E-state index in [0.717, 1.165) is 36.7 Å². The van der Waals surface area contributed by atoms with Crippen molar-refractivity contribution >= 4 is 29.9 Å². The van der Waals surface area contributed by atoms with Gasteiger partial charge in [-0.15, -0.1) is 24.0 Å². The zero-order valence-corrected chi connectivity index (χ0v) is 16.4. The van der Waals surface area contributed by atoms with Gasteiger partial charge in [-0.3, -0.25) is 4.98 Å². The Balaban J connectivity index is 0.00000288. The smallest absolute Gasteiger partial charge is 0.191 e. The van der Waals surface area contributed by atoms with Crippen LogP contribution in [0.2, 0.25) is 0 Å². The molecular weight excluding hydrogens is 418 g/mol. The van der Waals surface area contributed by atoms with Gasteiger partial charge in [0.25, 0.3) is 0 Å². The van der Waals surface area contributed by atoms with E-state index in [1.807, 2.05) is 31.2 Å². The summed E-state index contributed by atoms with van der Waals surface area (Å²) in [6.07, 6.45) is 2.63. The number of rotatable bonds is 6. The molecule has 0 saturated carbocycles. The van der Waals surface area contributed by atoms with E-state index in [0.29, 0.717) is 12.1 Å². The van der Waals surface area contributed by atoms with Crippen LogP contribution in [-0.4, -0.2) is 24.0 Å². The number of pyridine rings is 1. The van der Waals surface area contributed by atoms with Crippen molar-refractivity contribution in [3.05, 3.63) is 65.2 Å². The quantitative estimate of drug-likeness (QED) is 0.410. The zero-order valence-electron chi connectivity index (χ0n) is 14.1.